The van der Waals surface area contributed by atoms with E-state index < -0.39 is 0 Å². The SMILES string of the molecule is CCNc1cc(-n2nc(C)c(C)c2C)nc(C2CC2)n1. The first-order chi connectivity index (χ1) is 9.60. The van der Waals surface area contributed by atoms with E-state index in [4.69, 9.17) is 4.98 Å². The Bertz CT molecular complexity index is 640. The van der Waals surface area contributed by atoms with Crippen LogP contribution in [0.15, 0.2) is 6.07 Å². The van der Waals surface area contributed by atoms with Crippen LogP contribution in [0.5, 0.6) is 0 Å². The predicted octanol–water partition coefficient (Wildman–Crippen LogP) is 2.90. The van der Waals surface area contributed by atoms with Crippen LogP contribution in [-0.2, 0) is 0 Å². The number of nitrogens with one attached hydrogen (secondary N) is 1. The van der Waals surface area contributed by atoms with E-state index in [1.165, 1.54) is 18.4 Å². The molecule has 2 heterocycles. The van der Waals surface area contributed by atoms with Gasteiger partial charge in [0.1, 0.15) is 11.6 Å². The third kappa shape index (κ3) is 2.28. The predicted molar refractivity (Wildman–Crippen MR) is 79.5 cm³/mol. The second-order valence-electron chi connectivity index (χ2n) is 5.48. The van der Waals surface area contributed by atoms with Crippen LogP contribution < -0.4 is 5.32 Å². The topological polar surface area (TPSA) is 55.6 Å². The zero-order valence-electron chi connectivity index (χ0n) is 12.6. The average Bonchev–Trinajstić information content (AvgIpc) is 3.24. The van der Waals surface area contributed by atoms with Gasteiger partial charge in [-0.25, -0.2) is 14.6 Å². The van der Waals surface area contributed by atoms with Crippen molar-refractivity contribution >= 4 is 5.82 Å². The third-order valence-corrected chi connectivity index (χ3v) is 3.90. The van der Waals surface area contributed by atoms with Crippen LogP contribution in [0.1, 0.15) is 48.5 Å². The van der Waals surface area contributed by atoms with Gasteiger partial charge in [-0.05, 0) is 46.1 Å². The molecule has 1 saturated carbocycles. The van der Waals surface area contributed by atoms with E-state index in [9.17, 15) is 0 Å². The highest BCUT2D eigenvalue weighted by Gasteiger charge is 2.27. The van der Waals surface area contributed by atoms with Gasteiger partial charge in [0.05, 0.1) is 5.69 Å². The number of rotatable bonds is 4. The molecule has 1 aliphatic rings. The maximum atomic E-state index is 4.71. The van der Waals surface area contributed by atoms with Crippen LogP contribution >= 0.6 is 0 Å². The van der Waals surface area contributed by atoms with Gasteiger partial charge in [0, 0.05) is 24.2 Å². The van der Waals surface area contributed by atoms with E-state index in [0.29, 0.717) is 5.92 Å². The molecular weight excluding hydrogens is 250 g/mol. The zero-order valence-corrected chi connectivity index (χ0v) is 12.6. The molecule has 0 radical (unpaired) electrons. The largest absolute Gasteiger partial charge is 0.370 e. The van der Waals surface area contributed by atoms with E-state index in [1.807, 2.05) is 17.7 Å². The van der Waals surface area contributed by atoms with Gasteiger partial charge in [0.15, 0.2) is 5.82 Å². The molecule has 3 rings (SSSR count). The highest BCUT2D eigenvalue weighted by atomic mass is 15.3. The van der Waals surface area contributed by atoms with Crippen molar-refractivity contribution in [1.29, 1.82) is 0 Å². The number of nitrogens with zero attached hydrogens (tertiary/aromatic N) is 4. The summed E-state index contributed by atoms with van der Waals surface area (Å²) in [5.41, 5.74) is 3.42. The van der Waals surface area contributed by atoms with Crippen molar-refractivity contribution in [2.24, 2.45) is 0 Å². The lowest BCUT2D eigenvalue weighted by molar-refractivity contribution is 0.780. The van der Waals surface area contributed by atoms with Crippen molar-refractivity contribution in [3.63, 3.8) is 0 Å². The van der Waals surface area contributed by atoms with Gasteiger partial charge in [-0.2, -0.15) is 5.10 Å². The molecule has 0 saturated heterocycles. The van der Waals surface area contributed by atoms with Gasteiger partial charge >= 0.3 is 0 Å². The lowest BCUT2D eigenvalue weighted by Gasteiger charge is -2.09. The normalized spacial score (nSPS) is 14.6. The fourth-order valence-corrected chi connectivity index (χ4v) is 2.30. The van der Waals surface area contributed by atoms with Gasteiger partial charge in [0.25, 0.3) is 0 Å². The van der Waals surface area contributed by atoms with Crippen molar-refractivity contribution in [1.82, 2.24) is 19.7 Å². The van der Waals surface area contributed by atoms with E-state index in [1.54, 1.807) is 0 Å². The molecule has 0 aromatic carbocycles. The van der Waals surface area contributed by atoms with Crippen LogP contribution in [-0.4, -0.2) is 26.3 Å². The Morgan fingerprint density at radius 1 is 1.25 bits per heavy atom. The first kappa shape index (κ1) is 13.1. The number of aryl methyl sites for hydroxylation is 1. The van der Waals surface area contributed by atoms with Gasteiger partial charge < -0.3 is 5.32 Å². The summed E-state index contributed by atoms with van der Waals surface area (Å²) < 4.78 is 1.93. The fraction of sp³-hybridized carbons (Fsp3) is 0.533. The van der Waals surface area contributed by atoms with Gasteiger partial charge in [-0.3, -0.25) is 0 Å². The van der Waals surface area contributed by atoms with Crippen LogP contribution in [0.2, 0.25) is 0 Å². The highest BCUT2D eigenvalue weighted by molar-refractivity contribution is 5.43. The van der Waals surface area contributed by atoms with Crippen LogP contribution in [0.25, 0.3) is 5.82 Å². The summed E-state index contributed by atoms with van der Waals surface area (Å²) in [4.78, 5) is 9.32. The molecule has 1 aliphatic carbocycles. The monoisotopic (exact) mass is 271 g/mol. The minimum Gasteiger partial charge on any atom is -0.370 e. The summed E-state index contributed by atoms with van der Waals surface area (Å²) >= 11 is 0. The van der Waals surface area contributed by atoms with Gasteiger partial charge in [-0.1, -0.05) is 0 Å². The van der Waals surface area contributed by atoms with Crippen molar-refractivity contribution in [2.75, 3.05) is 11.9 Å². The van der Waals surface area contributed by atoms with Gasteiger partial charge in [0.2, 0.25) is 0 Å². The third-order valence-electron chi connectivity index (χ3n) is 3.90. The molecule has 0 amide bonds. The molecule has 5 nitrogen and oxygen atoms in total. The Morgan fingerprint density at radius 2 is 2.00 bits per heavy atom. The quantitative estimate of drug-likeness (QED) is 0.929. The first-order valence-electron chi connectivity index (χ1n) is 7.26. The summed E-state index contributed by atoms with van der Waals surface area (Å²) in [5, 5.41) is 7.89. The molecule has 0 aliphatic heterocycles. The Hall–Kier alpha value is -1.91. The van der Waals surface area contributed by atoms with Crippen molar-refractivity contribution in [3.05, 3.63) is 28.8 Å². The van der Waals surface area contributed by atoms with Crippen molar-refractivity contribution in [2.45, 2.75) is 46.5 Å². The summed E-state index contributed by atoms with van der Waals surface area (Å²) in [6.45, 7) is 9.15. The summed E-state index contributed by atoms with van der Waals surface area (Å²) in [5.74, 6) is 3.24. The van der Waals surface area contributed by atoms with E-state index in [0.717, 1.165) is 35.4 Å². The summed E-state index contributed by atoms with van der Waals surface area (Å²) in [6.07, 6.45) is 2.40. The molecule has 5 heteroatoms. The maximum absolute atomic E-state index is 4.71. The summed E-state index contributed by atoms with van der Waals surface area (Å²) in [6, 6.07) is 1.98. The molecule has 2 aromatic rings. The number of aromatic nitrogens is 4. The highest BCUT2D eigenvalue weighted by Crippen LogP contribution is 2.38. The minimum atomic E-state index is 0.533. The Morgan fingerprint density at radius 3 is 2.55 bits per heavy atom. The molecule has 0 unspecified atom stereocenters. The smallest absolute Gasteiger partial charge is 0.159 e. The maximum Gasteiger partial charge on any atom is 0.159 e. The Balaban J connectivity index is 2.09. The van der Waals surface area contributed by atoms with E-state index in [-0.39, 0.29) is 0 Å². The molecule has 1 fully saturated rings. The van der Waals surface area contributed by atoms with Gasteiger partial charge in [-0.15, -0.1) is 0 Å². The molecular formula is C15H21N5. The van der Waals surface area contributed by atoms with Crippen LogP contribution in [0, 0.1) is 20.8 Å². The van der Waals surface area contributed by atoms with Crippen molar-refractivity contribution < 1.29 is 0 Å². The second kappa shape index (κ2) is 4.89. The fourth-order valence-electron chi connectivity index (χ4n) is 2.30. The Kier molecular flexibility index (Phi) is 3.20. The molecule has 20 heavy (non-hydrogen) atoms. The van der Waals surface area contributed by atoms with E-state index in [2.05, 4.69) is 36.2 Å². The molecule has 106 valence electrons. The lowest BCUT2D eigenvalue weighted by atomic mass is 10.2. The molecule has 0 bridgehead atoms. The minimum absolute atomic E-state index is 0.533. The molecule has 0 atom stereocenters. The number of anilines is 1. The first-order valence-corrected chi connectivity index (χ1v) is 7.26. The molecule has 1 N–H and O–H groups in total. The van der Waals surface area contributed by atoms with Crippen LogP contribution in [0.3, 0.4) is 0 Å². The van der Waals surface area contributed by atoms with Crippen LogP contribution in [0.4, 0.5) is 5.82 Å². The zero-order chi connectivity index (χ0) is 14.3. The average molecular weight is 271 g/mol. The molecule has 0 spiro atoms. The number of hydrogen-bond donors (Lipinski definition) is 1. The van der Waals surface area contributed by atoms with E-state index >= 15 is 0 Å². The second-order valence-corrected chi connectivity index (χ2v) is 5.48. The summed E-state index contributed by atoms with van der Waals surface area (Å²) in [7, 11) is 0. The number of hydrogen-bond acceptors (Lipinski definition) is 4. The lowest BCUT2D eigenvalue weighted by Crippen LogP contribution is -2.09. The molecule has 2 aromatic heterocycles. The standard InChI is InChI=1S/C15H21N5/c1-5-16-13-8-14(18-15(17-13)12-6-7-12)20-11(4)9(2)10(3)19-20/h8,12H,5-7H2,1-4H3,(H,16,17,18). The Labute approximate surface area is 119 Å². The van der Waals surface area contributed by atoms with Crippen molar-refractivity contribution in [3.8, 4) is 5.82 Å².